The van der Waals surface area contributed by atoms with Crippen LogP contribution in [0.2, 0.25) is 0 Å². The van der Waals surface area contributed by atoms with Gasteiger partial charge in [-0.15, -0.1) is 0 Å². The van der Waals surface area contributed by atoms with E-state index in [0.29, 0.717) is 5.56 Å². The van der Waals surface area contributed by atoms with Gasteiger partial charge in [0.25, 0.3) is 0 Å². The minimum atomic E-state index is -1.16. The molecule has 1 fully saturated rings. The molecule has 1 saturated heterocycles. The lowest BCUT2D eigenvalue weighted by atomic mass is 10.0. The van der Waals surface area contributed by atoms with Crippen molar-refractivity contribution in [1.82, 2.24) is 0 Å². The lowest BCUT2D eigenvalue weighted by molar-refractivity contribution is -0.129. The molecule has 0 unspecified atom stereocenters. The van der Waals surface area contributed by atoms with Crippen LogP contribution in [0.25, 0.3) is 0 Å². The Morgan fingerprint density at radius 1 is 0.700 bits per heavy atom. The predicted molar refractivity (Wildman–Crippen MR) is 141 cm³/mol. The van der Waals surface area contributed by atoms with Crippen molar-refractivity contribution in [2.75, 3.05) is 13.2 Å². The first-order valence-electron chi connectivity index (χ1n) is 12.7. The Kier molecular flexibility index (Phi) is 8.44. The number of carbonyl (C=O) groups is 4. The van der Waals surface area contributed by atoms with E-state index < -0.39 is 48.4 Å². The number of carbonyl (C=O) groups excluding carboxylic acids is 4. The van der Waals surface area contributed by atoms with E-state index >= 15 is 0 Å². The quantitative estimate of drug-likeness (QED) is 0.311. The van der Waals surface area contributed by atoms with E-state index in [1.165, 1.54) is 12.2 Å². The summed E-state index contributed by atoms with van der Waals surface area (Å²) in [5.41, 5.74) is 0.890. The number of ether oxygens (including phenoxy) is 5. The summed E-state index contributed by atoms with van der Waals surface area (Å²) in [6.45, 7) is -0.492. The molecule has 0 spiro atoms. The average molecular weight is 543 g/mol. The average Bonchev–Trinajstić information content (AvgIpc) is 3.33. The van der Waals surface area contributed by atoms with E-state index in [0.717, 1.165) is 0 Å². The van der Waals surface area contributed by atoms with Crippen LogP contribution in [0.3, 0.4) is 0 Å². The first-order valence-corrected chi connectivity index (χ1v) is 12.7. The summed E-state index contributed by atoms with van der Waals surface area (Å²) in [6.07, 6.45) is -2.21. The Morgan fingerprint density at radius 2 is 1.20 bits per heavy atom. The fraction of sp³-hybridized carbons (Fsp3) is 0.226. The summed E-state index contributed by atoms with van der Waals surface area (Å²) in [5, 5.41) is 0. The molecule has 204 valence electrons. The third-order valence-electron chi connectivity index (χ3n) is 6.45. The zero-order valence-electron chi connectivity index (χ0n) is 21.3. The number of esters is 3. The molecule has 0 N–H and O–H groups in total. The van der Waals surface area contributed by atoms with Crippen molar-refractivity contribution < 1.29 is 42.9 Å². The zero-order chi connectivity index (χ0) is 27.9. The lowest BCUT2D eigenvalue weighted by Crippen LogP contribution is -2.45. The molecular weight excluding hydrogens is 516 g/mol. The molecule has 5 atom stereocenters. The minimum Gasteiger partial charge on any atom is -0.459 e. The summed E-state index contributed by atoms with van der Waals surface area (Å²) in [5.74, 6) is -2.17. The third-order valence-corrected chi connectivity index (χ3v) is 6.45. The molecule has 2 aliphatic rings. The van der Waals surface area contributed by atoms with Crippen LogP contribution in [0.4, 0.5) is 0 Å². The molecule has 0 radical (unpaired) electrons. The molecule has 0 amide bonds. The van der Waals surface area contributed by atoms with Crippen LogP contribution in [0.15, 0.2) is 103 Å². The van der Waals surface area contributed by atoms with E-state index in [1.54, 1.807) is 91.0 Å². The predicted octanol–water partition coefficient (Wildman–Crippen LogP) is 3.59. The molecule has 0 aromatic heterocycles. The van der Waals surface area contributed by atoms with Crippen molar-refractivity contribution >= 4 is 23.7 Å². The van der Waals surface area contributed by atoms with Crippen LogP contribution >= 0.6 is 0 Å². The van der Waals surface area contributed by atoms with E-state index in [4.69, 9.17) is 23.7 Å². The van der Waals surface area contributed by atoms with E-state index in [2.05, 4.69) is 0 Å². The molecule has 40 heavy (non-hydrogen) atoms. The highest BCUT2D eigenvalue weighted by Crippen LogP contribution is 2.33. The Balaban J connectivity index is 1.44. The molecule has 0 bridgehead atoms. The highest BCUT2D eigenvalue weighted by Gasteiger charge is 2.53. The van der Waals surface area contributed by atoms with Gasteiger partial charge < -0.3 is 23.7 Å². The molecule has 0 aliphatic carbocycles. The van der Waals surface area contributed by atoms with Gasteiger partial charge in [0, 0.05) is 0 Å². The van der Waals surface area contributed by atoms with Crippen molar-refractivity contribution in [2.24, 2.45) is 0 Å². The second-order valence-electron chi connectivity index (χ2n) is 9.18. The number of ketones is 1. The summed E-state index contributed by atoms with van der Waals surface area (Å²) in [4.78, 5) is 50.7. The smallest absolute Gasteiger partial charge is 0.338 e. The van der Waals surface area contributed by atoms with Crippen molar-refractivity contribution in [1.29, 1.82) is 0 Å². The first kappa shape index (κ1) is 27.0. The Morgan fingerprint density at radius 3 is 1.70 bits per heavy atom. The molecule has 3 aromatic rings. The van der Waals surface area contributed by atoms with E-state index in [1.807, 2.05) is 0 Å². The first-order chi connectivity index (χ1) is 19.5. The Labute approximate surface area is 230 Å². The maximum absolute atomic E-state index is 13.1. The monoisotopic (exact) mass is 542 g/mol. The maximum atomic E-state index is 13.1. The molecule has 3 aromatic carbocycles. The summed E-state index contributed by atoms with van der Waals surface area (Å²) in [6, 6.07) is 25.0. The fourth-order valence-electron chi connectivity index (χ4n) is 4.47. The normalized spacial score (nSPS) is 23.8. The second kappa shape index (κ2) is 12.5. The van der Waals surface area contributed by atoms with Gasteiger partial charge in [-0.25, -0.2) is 14.4 Å². The molecule has 9 heteroatoms. The second-order valence-corrected chi connectivity index (χ2v) is 9.18. The van der Waals surface area contributed by atoms with Crippen LogP contribution in [0.5, 0.6) is 0 Å². The van der Waals surface area contributed by atoms with Crippen LogP contribution in [-0.2, 0) is 28.5 Å². The van der Waals surface area contributed by atoms with Crippen LogP contribution in [-0.4, -0.2) is 67.4 Å². The molecular formula is C31H26O9. The van der Waals surface area contributed by atoms with Gasteiger partial charge in [-0.1, -0.05) is 54.6 Å². The van der Waals surface area contributed by atoms with Gasteiger partial charge >= 0.3 is 17.9 Å². The Bertz CT molecular complexity index is 1370. The Hall–Kier alpha value is -4.60. The summed E-state index contributed by atoms with van der Waals surface area (Å²) in [7, 11) is 0. The van der Waals surface area contributed by atoms with Crippen molar-refractivity contribution in [3.63, 3.8) is 0 Å². The highest BCUT2D eigenvalue weighted by atomic mass is 16.7. The largest absolute Gasteiger partial charge is 0.459 e. The minimum absolute atomic E-state index is 0.192. The van der Waals surface area contributed by atoms with E-state index in [9.17, 15) is 19.2 Å². The number of hydrogen-bond donors (Lipinski definition) is 0. The van der Waals surface area contributed by atoms with Crippen molar-refractivity contribution in [3.8, 4) is 0 Å². The summed E-state index contributed by atoms with van der Waals surface area (Å²) >= 11 is 0. The standard InChI is InChI=1S/C31H26O9/c32-23-16-17-24(36-18-23)26-28(40-31(35)22-14-8-3-9-15-22)27(39-30(34)21-12-6-2-7-13-21)25(38-26)19-37-29(33)20-10-4-1-5-11-20/h1-17,24-28H,18-19H2/t24-,25-,26+,27-,28+/m1/s1. The zero-order valence-corrected chi connectivity index (χ0v) is 21.3. The molecule has 2 aliphatic heterocycles. The molecule has 2 heterocycles. The maximum Gasteiger partial charge on any atom is 0.338 e. The number of benzene rings is 3. The molecule has 9 nitrogen and oxygen atoms in total. The van der Waals surface area contributed by atoms with Gasteiger partial charge in [-0.05, 0) is 48.6 Å². The number of rotatable bonds is 8. The van der Waals surface area contributed by atoms with Gasteiger partial charge in [0.1, 0.15) is 31.5 Å². The fourth-order valence-corrected chi connectivity index (χ4v) is 4.47. The van der Waals surface area contributed by atoms with Gasteiger partial charge in [-0.2, -0.15) is 0 Å². The molecule has 5 rings (SSSR count). The van der Waals surface area contributed by atoms with Crippen LogP contribution in [0, 0.1) is 0 Å². The number of hydrogen-bond acceptors (Lipinski definition) is 9. The van der Waals surface area contributed by atoms with Gasteiger partial charge in [0.2, 0.25) is 0 Å². The molecule has 0 saturated carbocycles. The van der Waals surface area contributed by atoms with Crippen molar-refractivity contribution in [3.05, 3.63) is 120 Å². The van der Waals surface area contributed by atoms with Crippen LogP contribution < -0.4 is 0 Å². The van der Waals surface area contributed by atoms with Gasteiger partial charge in [0.15, 0.2) is 18.0 Å². The van der Waals surface area contributed by atoms with Crippen LogP contribution in [0.1, 0.15) is 31.1 Å². The topological polar surface area (TPSA) is 114 Å². The summed E-state index contributed by atoms with van der Waals surface area (Å²) < 4.78 is 29.1. The third kappa shape index (κ3) is 6.33. The van der Waals surface area contributed by atoms with Gasteiger partial charge in [-0.3, -0.25) is 4.79 Å². The lowest BCUT2D eigenvalue weighted by Gasteiger charge is -2.28. The SMILES string of the molecule is O=C1C=C[C@H]([C@@H]2O[C@H](COC(=O)c3ccccc3)[C@@H](OC(=O)c3ccccc3)[C@H]2OC(=O)c2ccccc2)OC1. The van der Waals surface area contributed by atoms with Crippen molar-refractivity contribution in [2.45, 2.75) is 30.5 Å². The van der Waals surface area contributed by atoms with E-state index in [-0.39, 0.29) is 30.1 Å². The van der Waals surface area contributed by atoms with Gasteiger partial charge in [0.05, 0.1) is 16.7 Å². The highest BCUT2D eigenvalue weighted by molar-refractivity contribution is 5.92.